The van der Waals surface area contributed by atoms with Crippen LogP contribution in [0.5, 0.6) is 0 Å². The minimum Gasteiger partial charge on any atom is -0.357 e. The van der Waals surface area contributed by atoms with Crippen LogP contribution < -0.4 is 10.6 Å². The van der Waals surface area contributed by atoms with Crippen LogP contribution in [0.2, 0.25) is 0 Å². The fourth-order valence-corrected chi connectivity index (χ4v) is 4.11. The number of hydrogen-bond acceptors (Lipinski definition) is 4. The summed E-state index contributed by atoms with van der Waals surface area (Å²) in [7, 11) is 0. The minimum atomic E-state index is 0.506. The SMILES string of the molecule is C=CCN1CCC(NC(=NCCCc2nnc3n2CCCCC3)NCC)CC1. The van der Waals surface area contributed by atoms with Crippen LogP contribution >= 0.6 is 0 Å². The Morgan fingerprint density at radius 2 is 2.07 bits per heavy atom. The number of nitrogens with one attached hydrogen (secondary N) is 2. The summed E-state index contributed by atoms with van der Waals surface area (Å²) in [6.45, 7) is 12.0. The van der Waals surface area contributed by atoms with Gasteiger partial charge in [-0.3, -0.25) is 9.89 Å². The van der Waals surface area contributed by atoms with Gasteiger partial charge in [0, 0.05) is 58.2 Å². The molecular formula is C21H37N7. The standard InChI is InChI=1S/C21H37N7/c1-3-14-27-16-11-18(12-17-27)24-21(22-4-2)23-13-8-10-20-26-25-19-9-6-5-7-15-28(19)20/h3,18H,1,4-17H2,2H3,(H2,22,23,24). The maximum atomic E-state index is 4.80. The van der Waals surface area contributed by atoms with Crippen molar-refractivity contribution >= 4 is 5.96 Å². The first kappa shape index (κ1) is 20.8. The highest BCUT2D eigenvalue weighted by Gasteiger charge is 2.19. The number of aliphatic imine (C=N–C) groups is 1. The molecule has 156 valence electrons. The third-order valence-electron chi connectivity index (χ3n) is 5.67. The van der Waals surface area contributed by atoms with Crippen LogP contribution in [0, 0.1) is 0 Å². The van der Waals surface area contributed by atoms with Crippen LogP contribution in [0.25, 0.3) is 0 Å². The van der Waals surface area contributed by atoms with Crippen LogP contribution in [0.1, 0.15) is 57.1 Å². The van der Waals surface area contributed by atoms with Gasteiger partial charge in [0.1, 0.15) is 11.6 Å². The molecule has 0 amide bonds. The average molecular weight is 388 g/mol. The van der Waals surface area contributed by atoms with E-state index in [1.165, 1.54) is 25.1 Å². The Morgan fingerprint density at radius 3 is 2.86 bits per heavy atom. The molecule has 0 radical (unpaired) electrons. The Bertz CT molecular complexity index is 629. The normalized spacial score (nSPS) is 19.1. The van der Waals surface area contributed by atoms with Gasteiger partial charge >= 0.3 is 0 Å². The fraction of sp³-hybridized carbons (Fsp3) is 0.762. The molecule has 3 heterocycles. The maximum absolute atomic E-state index is 4.80. The van der Waals surface area contributed by atoms with Gasteiger partial charge in [0.2, 0.25) is 0 Å². The lowest BCUT2D eigenvalue weighted by Gasteiger charge is -2.32. The summed E-state index contributed by atoms with van der Waals surface area (Å²) in [4.78, 5) is 7.26. The molecule has 0 atom stereocenters. The molecule has 0 aliphatic carbocycles. The van der Waals surface area contributed by atoms with Crippen molar-refractivity contribution in [1.82, 2.24) is 30.3 Å². The molecule has 1 fully saturated rings. The largest absolute Gasteiger partial charge is 0.357 e. The van der Waals surface area contributed by atoms with Crippen molar-refractivity contribution in [3.8, 4) is 0 Å². The molecule has 0 spiro atoms. The van der Waals surface area contributed by atoms with Crippen LogP contribution in [0.15, 0.2) is 17.6 Å². The monoisotopic (exact) mass is 387 g/mol. The van der Waals surface area contributed by atoms with E-state index in [0.717, 1.165) is 83.2 Å². The molecule has 0 bridgehead atoms. The predicted octanol–water partition coefficient (Wildman–Crippen LogP) is 2.14. The van der Waals surface area contributed by atoms with E-state index in [0.29, 0.717) is 6.04 Å². The van der Waals surface area contributed by atoms with Crippen LogP contribution in [-0.2, 0) is 19.4 Å². The van der Waals surface area contributed by atoms with E-state index in [2.05, 4.69) is 43.8 Å². The Hall–Kier alpha value is -1.89. The van der Waals surface area contributed by atoms with E-state index in [1.54, 1.807) is 0 Å². The third kappa shape index (κ3) is 6.06. The first-order chi connectivity index (χ1) is 13.8. The molecule has 2 N–H and O–H groups in total. The van der Waals surface area contributed by atoms with Crippen LogP contribution in [-0.4, -0.2) is 64.4 Å². The second-order valence-electron chi connectivity index (χ2n) is 7.87. The number of likely N-dealkylation sites (tertiary alicyclic amines) is 1. The van der Waals surface area contributed by atoms with Crippen molar-refractivity contribution in [1.29, 1.82) is 0 Å². The zero-order valence-electron chi connectivity index (χ0n) is 17.5. The van der Waals surface area contributed by atoms with Crippen molar-refractivity contribution in [2.75, 3.05) is 32.7 Å². The highest BCUT2D eigenvalue weighted by molar-refractivity contribution is 5.80. The third-order valence-corrected chi connectivity index (χ3v) is 5.67. The Morgan fingerprint density at radius 1 is 1.21 bits per heavy atom. The van der Waals surface area contributed by atoms with E-state index < -0.39 is 0 Å². The first-order valence-electron chi connectivity index (χ1n) is 11.1. The second-order valence-corrected chi connectivity index (χ2v) is 7.87. The summed E-state index contributed by atoms with van der Waals surface area (Å²) in [5, 5.41) is 15.8. The zero-order valence-corrected chi connectivity index (χ0v) is 17.5. The van der Waals surface area contributed by atoms with Gasteiger partial charge in [-0.25, -0.2) is 0 Å². The number of fused-ring (bicyclic) bond motifs is 1. The van der Waals surface area contributed by atoms with Crippen molar-refractivity contribution in [2.24, 2.45) is 4.99 Å². The summed E-state index contributed by atoms with van der Waals surface area (Å²) in [5.41, 5.74) is 0. The van der Waals surface area contributed by atoms with Gasteiger partial charge in [-0.2, -0.15) is 0 Å². The molecule has 0 saturated carbocycles. The van der Waals surface area contributed by atoms with E-state index in [-0.39, 0.29) is 0 Å². The lowest BCUT2D eigenvalue weighted by molar-refractivity contribution is 0.225. The van der Waals surface area contributed by atoms with Gasteiger partial charge in [0.15, 0.2) is 5.96 Å². The van der Waals surface area contributed by atoms with Crippen molar-refractivity contribution < 1.29 is 0 Å². The zero-order chi connectivity index (χ0) is 19.6. The molecule has 7 heteroatoms. The molecule has 1 saturated heterocycles. The highest BCUT2D eigenvalue weighted by atomic mass is 15.3. The van der Waals surface area contributed by atoms with Crippen LogP contribution in [0.3, 0.4) is 0 Å². The summed E-state index contributed by atoms with van der Waals surface area (Å²) in [5.74, 6) is 3.26. The lowest BCUT2D eigenvalue weighted by atomic mass is 10.1. The quantitative estimate of drug-likeness (QED) is 0.310. The van der Waals surface area contributed by atoms with Gasteiger partial charge in [-0.05, 0) is 39.0 Å². The number of aryl methyl sites for hydroxylation is 2. The summed E-state index contributed by atoms with van der Waals surface area (Å²) in [6.07, 6.45) is 11.1. The lowest BCUT2D eigenvalue weighted by Crippen LogP contribution is -2.48. The molecule has 0 unspecified atom stereocenters. The van der Waals surface area contributed by atoms with E-state index in [1.807, 2.05) is 6.08 Å². The summed E-state index contributed by atoms with van der Waals surface area (Å²) in [6, 6.07) is 0.506. The number of guanidine groups is 1. The summed E-state index contributed by atoms with van der Waals surface area (Å²) < 4.78 is 2.34. The average Bonchev–Trinajstić information content (AvgIpc) is 2.93. The number of nitrogens with zero attached hydrogens (tertiary/aromatic N) is 5. The second kappa shape index (κ2) is 11.2. The van der Waals surface area contributed by atoms with Crippen molar-refractivity contribution in [3.05, 3.63) is 24.3 Å². The predicted molar refractivity (Wildman–Crippen MR) is 115 cm³/mol. The number of piperidine rings is 1. The van der Waals surface area contributed by atoms with Gasteiger partial charge in [-0.1, -0.05) is 12.5 Å². The van der Waals surface area contributed by atoms with E-state index in [4.69, 9.17) is 4.99 Å². The van der Waals surface area contributed by atoms with Gasteiger partial charge in [0.05, 0.1) is 0 Å². The Balaban J connectivity index is 1.45. The van der Waals surface area contributed by atoms with Crippen LogP contribution in [0.4, 0.5) is 0 Å². The fourth-order valence-electron chi connectivity index (χ4n) is 4.11. The van der Waals surface area contributed by atoms with E-state index in [9.17, 15) is 0 Å². The van der Waals surface area contributed by atoms with Gasteiger partial charge in [-0.15, -0.1) is 16.8 Å². The number of aromatic nitrogens is 3. The molecule has 1 aromatic heterocycles. The molecule has 2 aliphatic rings. The number of rotatable bonds is 8. The van der Waals surface area contributed by atoms with E-state index >= 15 is 0 Å². The van der Waals surface area contributed by atoms with Crippen molar-refractivity contribution in [3.63, 3.8) is 0 Å². The molecule has 28 heavy (non-hydrogen) atoms. The molecule has 2 aliphatic heterocycles. The molecule has 1 aromatic rings. The Kier molecular flexibility index (Phi) is 8.33. The van der Waals surface area contributed by atoms with Gasteiger partial charge in [0.25, 0.3) is 0 Å². The molecule has 0 aromatic carbocycles. The minimum absolute atomic E-state index is 0.506. The number of hydrogen-bond donors (Lipinski definition) is 2. The molecule has 7 nitrogen and oxygen atoms in total. The molecule has 3 rings (SSSR count). The maximum Gasteiger partial charge on any atom is 0.191 e. The van der Waals surface area contributed by atoms with Crippen molar-refractivity contribution in [2.45, 2.75) is 70.9 Å². The summed E-state index contributed by atoms with van der Waals surface area (Å²) >= 11 is 0. The topological polar surface area (TPSA) is 70.4 Å². The highest BCUT2D eigenvalue weighted by Crippen LogP contribution is 2.15. The Labute approximate surface area is 169 Å². The smallest absolute Gasteiger partial charge is 0.191 e. The first-order valence-corrected chi connectivity index (χ1v) is 11.1. The molecular weight excluding hydrogens is 350 g/mol. The van der Waals surface area contributed by atoms with Gasteiger partial charge < -0.3 is 15.2 Å².